The average molecular weight is 280 g/mol. The molecule has 2 nitrogen and oxygen atoms in total. The van der Waals surface area contributed by atoms with Gasteiger partial charge in [0.25, 0.3) is 0 Å². The normalized spacial score (nSPS) is 33.6. The summed E-state index contributed by atoms with van der Waals surface area (Å²) in [5.41, 5.74) is 7.78. The molecule has 3 rings (SSSR count). The van der Waals surface area contributed by atoms with Crippen molar-refractivity contribution >= 4 is 11.6 Å². The highest BCUT2D eigenvalue weighted by molar-refractivity contribution is 6.30. The number of hydrogen-bond donors (Lipinski definition) is 2. The fraction of sp³-hybridized carbons (Fsp3) is 0.625. The number of fused-ring (bicyclic) bond motifs is 3. The Morgan fingerprint density at radius 2 is 2.00 bits per heavy atom. The van der Waals surface area contributed by atoms with E-state index in [4.69, 9.17) is 17.3 Å². The maximum absolute atomic E-state index is 11.2. The van der Waals surface area contributed by atoms with Gasteiger partial charge in [0.1, 0.15) is 0 Å². The molecule has 2 atom stereocenters. The van der Waals surface area contributed by atoms with E-state index in [-0.39, 0.29) is 5.41 Å². The molecule has 0 unspecified atom stereocenters. The van der Waals surface area contributed by atoms with Crippen molar-refractivity contribution < 1.29 is 5.11 Å². The highest BCUT2D eigenvalue weighted by atomic mass is 35.5. The van der Waals surface area contributed by atoms with E-state index in [0.717, 1.165) is 43.5 Å². The average Bonchev–Trinajstić information content (AvgIpc) is 2.39. The lowest BCUT2D eigenvalue weighted by Crippen LogP contribution is -2.57. The molecule has 19 heavy (non-hydrogen) atoms. The summed E-state index contributed by atoms with van der Waals surface area (Å²) in [6.45, 7) is 0.629. The molecule has 1 aromatic carbocycles. The van der Waals surface area contributed by atoms with Gasteiger partial charge in [-0.15, -0.1) is 0 Å². The Balaban J connectivity index is 2.15. The number of halogens is 1. The lowest BCUT2D eigenvalue weighted by atomic mass is 9.53. The monoisotopic (exact) mass is 279 g/mol. The molecule has 3 heteroatoms. The number of nitrogens with two attached hydrogens (primary N) is 1. The summed E-state index contributed by atoms with van der Waals surface area (Å²) < 4.78 is 0. The van der Waals surface area contributed by atoms with E-state index >= 15 is 0 Å². The van der Waals surface area contributed by atoms with Gasteiger partial charge in [-0.05, 0) is 61.9 Å². The van der Waals surface area contributed by atoms with Crippen LogP contribution in [-0.4, -0.2) is 17.3 Å². The molecule has 2 aliphatic rings. The van der Waals surface area contributed by atoms with Crippen LogP contribution in [0.5, 0.6) is 0 Å². The molecule has 3 N–H and O–H groups in total. The van der Waals surface area contributed by atoms with Crippen molar-refractivity contribution in [1.82, 2.24) is 0 Å². The molecule has 104 valence electrons. The Kier molecular flexibility index (Phi) is 3.36. The molecule has 0 aromatic heterocycles. The van der Waals surface area contributed by atoms with Crippen LogP contribution in [0.15, 0.2) is 18.2 Å². The van der Waals surface area contributed by atoms with E-state index in [1.165, 1.54) is 17.5 Å². The van der Waals surface area contributed by atoms with Gasteiger partial charge in [-0.3, -0.25) is 0 Å². The van der Waals surface area contributed by atoms with Crippen molar-refractivity contribution in [2.45, 2.75) is 56.0 Å². The topological polar surface area (TPSA) is 46.2 Å². The molecular weight excluding hydrogens is 258 g/mol. The van der Waals surface area contributed by atoms with E-state index in [2.05, 4.69) is 12.1 Å². The van der Waals surface area contributed by atoms with Gasteiger partial charge < -0.3 is 10.8 Å². The third-order valence-electron chi connectivity index (χ3n) is 5.30. The van der Waals surface area contributed by atoms with Gasteiger partial charge >= 0.3 is 0 Å². The number of aliphatic hydroxyl groups is 1. The number of aryl methyl sites for hydroxylation is 1. The van der Waals surface area contributed by atoms with Crippen molar-refractivity contribution in [3.8, 4) is 0 Å². The number of hydrogen-bond acceptors (Lipinski definition) is 2. The quantitative estimate of drug-likeness (QED) is 0.873. The van der Waals surface area contributed by atoms with E-state index < -0.39 is 5.60 Å². The van der Waals surface area contributed by atoms with Crippen LogP contribution in [-0.2, 0) is 11.8 Å². The van der Waals surface area contributed by atoms with Crippen LogP contribution >= 0.6 is 11.6 Å². The van der Waals surface area contributed by atoms with Crippen molar-refractivity contribution in [1.29, 1.82) is 0 Å². The molecule has 0 aliphatic heterocycles. The fourth-order valence-electron chi connectivity index (χ4n) is 4.38. The lowest BCUT2D eigenvalue weighted by Gasteiger charge is -2.54. The van der Waals surface area contributed by atoms with E-state index in [1.54, 1.807) is 0 Å². The molecule has 0 spiro atoms. The molecule has 0 radical (unpaired) electrons. The molecule has 0 saturated heterocycles. The molecule has 1 fully saturated rings. The maximum atomic E-state index is 11.2. The van der Waals surface area contributed by atoms with Crippen LogP contribution in [0.4, 0.5) is 0 Å². The SMILES string of the molecule is NCC[C@@]12CCCC[C@]1(O)CCc1cc(Cl)ccc12. The van der Waals surface area contributed by atoms with Gasteiger partial charge in [0.05, 0.1) is 5.60 Å². The summed E-state index contributed by atoms with van der Waals surface area (Å²) in [4.78, 5) is 0. The summed E-state index contributed by atoms with van der Waals surface area (Å²) in [5, 5.41) is 12.0. The molecule has 0 heterocycles. The zero-order valence-corrected chi connectivity index (χ0v) is 12.0. The van der Waals surface area contributed by atoms with Crippen LogP contribution in [0, 0.1) is 0 Å². The number of benzene rings is 1. The van der Waals surface area contributed by atoms with Crippen LogP contribution < -0.4 is 5.73 Å². The predicted molar refractivity (Wildman–Crippen MR) is 78.5 cm³/mol. The van der Waals surface area contributed by atoms with E-state index in [1.807, 2.05) is 6.07 Å². The fourth-order valence-corrected chi connectivity index (χ4v) is 4.58. The predicted octanol–water partition coefficient (Wildman–Crippen LogP) is 3.18. The van der Waals surface area contributed by atoms with Gasteiger partial charge in [-0.2, -0.15) is 0 Å². The third kappa shape index (κ3) is 1.93. The van der Waals surface area contributed by atoms with Gasteiger partial charge in [-0.1, -0.05) is 30.5 Å². The van der Waals surface area contributed by atoms with Crippen LogP contribution in [0.3, 0.4) is 0 Å². The third-order valence-corrected chi connectivity index (χ3v) is 5.53. The highest BCUT2D eigenvalue weighted by Gasteiger charge is 2.54. The first kappa shape index (κ1) is 13.4. The Labute approximate surface area is 120 Å². The van der Waals surface area contributed by atoms with Crippen molar-refractivity contribution in [3.63, 3.8) is 0 Å². The van der Waals surface area contributed by atoms with Gasteiger partial charge in [0, 0.05) is 10.4 Å². The number of rotatable bonds is 2. The molecule has 0 amide bonds. The Hall–Kier alpha value is -0.570. The largest absolute Gasteiger partial charge is 0.389 e. The maximum Gasteiger partial charge on any atom is 0.0747 e. The van der Waals surface area contributed by atoms with Gasteiger partial charge in [-0.25, -0.2) is 0 Å². The first-order valence-corrected chi connectivity index (χ1v) is 7.70. The minimum atomic E-state index is -0.564. The Morgan fingerprint density at radius 1 is 1.21 bits per heavy atom. The zero-order valence-electron chi connectivity index (χ0n) is 11.3. The summed E-state index contributed by atoms with van der Waals surface area (Å²) in [7, 11) is 0. The summed E-state index contributed by atoms with van der Waals surface area (Å²) in [6, 6.07) is 6.16. The Bertz CT molecular complexity index is 486. The van der Waals surface area contributed by atoms with Crippen molar-refractivity contribution in [2.75, 3.05) is 6.54 Å². The molecule has 1 aromatic rings. The highest BCUT2D eigenvalue weighted by Crippen LogP contribution is 2.54. The van der Waals surface area contributed by atoms with Crippen LogP contribution in [0.25, 0.3) is 0 Å². The molecule has 1 saturated carbocycles. The van der Waals surface area contributed by atoms with Gasteiger partial charge in [0.15, 0.2) is 0 Å². The minimum absolute atomic E-state index is 0.141. The zero-order chi connectivity index (χ0) is 13.5. The van der Waals surface area contributed by atoms with Crippen molar-refractivity contribution in [2.24, 2.45) is 5.73 Å². The molecule has 0 bridgehead atoms. The second kappa shape index (κ2) is 4.76. The lowest BCUT2D eigenvalue weighted by molar-refractivity contribution is -0.0862. The minimum Gasteiger partial charge on any atom is -0.389 e. The van der Waals surface area contributed by atoms with E-state index in [0.29, 0.717) is 6.54 Å². The Morgan fingerprint density at radius 3 is 2.79 bits per heavy atom. The second-order valence-electron chi connectivity index (χ2n) is 6.16. The molecular formula is C16H22ClNO. The van der Waals surface area contributed by atoms with Crippen LogP contribution in [0.1, 0.15) is 49.7 Å². The first-order valence-electron chi connectivity index (χ1n) is 7.33. The smallest absolute Gasteiger partial charge is 0.0747 e. The van der Waals surface area contributed by atoms with Crippen LogP contribution in [0.2, 0.25) is 5.02 Å². The summed E-state index contributed by atoms with van der Waals surface area (Å²) in [6.07, 6.45) is 6.93. The summed E-state index contributed by atoms with van der Waals surface area (Å²) >= 11 is 6.12. The van der Waals surface area contributed by atoms with E-state index in [9.17, 15) is 5.11 Å². The second-order valence-corrected chi connectivity index (χ2v) is 6.60. The standard InChI is InChI=1S/C16H22ClNO/c17-13-3-4-14-12(11-13)5-8-16(19)7-2-1-6-15(14,16)9-10-18/h3-4,11,19H,1-2,5-10,18H2/t15-,16+/m1/s1. The van der Waals surface area contributed by atoms with Crippen molar-refractivity contribution in [3.05, 3.63) is 34.3 Å². The van der Waals surface area contributed by atoms with Gasteiger partial charge in [0.2, 0.25) is 0 Å². The molecule has 2 aliphatic carbocycles. The summed E-state index contributed by atoms with van der Waals surface area (Å²) in [5.74, 6) is 0. The first-order chi connectivity index (χ1) is 9.11.